The lowest BCUT2D eigenvalue weighted by Crippen LogP contribution is -2.20. The minimum atomic E-state index is -0.205. The van der Waals surface area contributed by atoms with Gasteiger partial charge in [0.25, 0.3) is 5.91 Å². The number of nitrogens with one attached hydrogen (secondary N) is 1. The van der Waals surface area contributed by atoms with Crippen molar-refractivity contribution in [3.05, 3.63) is 75.8 Å². The Balaban J connectivity index is 1.53. The molecule has 0 radical (unpaired) electrons. The fourth-order valence-electron chi connectivity index (χ4n) is 2.83. The summed E-state index contributed by atoms with van der Waals surface area (Å²) in [5, 5.41) is 3.42. The first-order chi connectivity index (χ1) is 13.4. The van der Waals surface area contributed by atoms with Gasteiger partial charge in [-0.25, -0.2) is 4.98 Å². The van der Waals surface area contributed by atoms with E-state index in [1.165, 1.54) is 22.5 Å². The summed E-state index contributed by atoms with van der Waals surface area (Å²) in [5.41, 5.74) is 4.69. The van der Waals surface area contributed by atoms with Crippen LogP contribution in [-0.4, -0.2) is 17.5 Å². The van der Waals surface area contributed by atoms with Crippen molar-refractivity contribution in [1.82, 2.24) is 4.98 Å². The van der Waals surface area contributed by atoms with E-state index in [-0.39, 0.29) is 12.5 Å². The van der Waals surface area contributed by atoms with Gasteiger partial charge in [0.15, 0.2) is 11.7 Å². The molecule has 0 aliphatic heterocycles. The molecule has 146 valence electrons. The van der Waals surface area contributed by atoms with Crippen molar-refractivity contribution in [2.75, 3.05) is 11.9 Å². The second-order valence-electron chi connectivity index (χ2n) is 7.31. The van der Waals surface area contributed by atoms with Crippen LogP contribution < -0.4 is 10.1 Å². The van der Waals surface area contributed by atoms with E-state index in [0.29, 0.717) is 11.0 Å². The van der Waals surface area contributed by atoms with Crippen LogP contribution in [-0.2, 0) is 11.2 Å². The van der Waals surface area contributed by atoms with Gasteiger partial charge in [-0.1, -0.05) is 50.2 Å². The summed E-state index contributed by atoms with van der Waals surface area (Å²) >= 11 is 1.50. The van der Waals surface area contributed by atoms with Crippen molar-refractivity contribution in [2.45, 2.75) is 40.0 Å². The number of thiazole rings is 1. The average Bonchev–Trinajstić information content (AvgIpc) is 3.09. The monoisotopic (exact) mass is 394 g/mol. The molecule has 3 aromatic rings. The molecule has 1 aromatic heterocycles. The number of ether oxygens (including phenoxy) is 1. The summed E-state index contributed by atoms with van der Waals surface area (Å²) in [6, 6.07) is 14.6. The molecule has 0 spiro atoms. The van der Waals surface area contributed by atoms with E-state index >= 15 is 0 Å². The van der Waals surface area contributed by atoms with Gasteiger partial charge >= 0.3 is 0 Å². The van der Waals surface area contributed by atoms with Crippen LogP contribution in [0.3, 0.4) is 0 Å². The van der Waals surface area contributed by atoms with Crippen molar-refractivity contribution in [3.8, 4) is 5.75 Å². The first-order valence-electron chi connectivity index (χ1n) is 9.44. The predicted molar refractivity (Wildman–Crippen MR) is 115 cm³/mol. The number of amides is 1. The molecular formula is C23H26N2O2S. The molecule has 1 N–H and O–H groups in total. The molecule has 0 aliphatic carbocycles. The molecule has 1 amide bonds. The fourth-order valence-corrected chi connectivity index (χ4v) is 3.69. The quantitative estimate of drug-likeness (QED) is 0.576. The van der Waals surface area contributed by atoms with Gasteiger partial charge in [0.2, 0.25) is 0 Å². The highest BCUT2D eigenvalue weighted by molar-refractivity contribution is 7.15. The standard InChI is InChI=1S/C23H26N2O2S/c1-15(2)19-9-7-18(8-10-19)12-20-13-24-23(28-20)25-22(26)14-27-21-11-16(3)5-6-17(21)4/h5-11,13,15H,12,14H2,1-4H3,(H,24,25,26). The van der Waals surface area contributed by atoms with E-state index in [1.54, 1.807) is 0 Å². The van der Waals surface area contributed by atoms with Gasteiger partial charge in [0.05, 0.1) is 0 Å². The molecule has 3 rings (SSSR count). The Morgan fingerprint density at radius 2 is 1.89 bits per heavy atom. The van der Waals surface area contributed by atoms with Crippen LogP contribution in [0.4, 0.5) is 5.13 Å². The number of nitrogens with zero attached hydrogens (tertiary/aromatic N) is 1. The largest absolute Gasteiger partial charge is 0.483 e. The molecule has 0 unspecified atom stereocenters. The third kappa shape index (κ3) is 5.42. The van der Waals surface area contributed by atoms with Crippen LogP contribution in [0.25, 0.3) is 0 Å². The first kappa shape index (κ1) is 20.1. The molecule has 0 atom stereocenters. The first-order valence-corrected chi connectivity index (χ1v) is 10.3. The minimum absolute atomic E-state index is 0.0319. The number of rotatable bonds is 7. The lowest BCUT2D eigenvalue weighted by molar-refractivity contribution is -0.118. The van der Waals surface area contributed by atoms with Crippen LogP contribution in [0, 0.1) is 13.8 Å². The van der Waals surface area contributed by atoms with E-state index in [2.05, 4.69) is 48.4 Å². The van der Waals surface area contributed by atoms with Gasteiger partial charge < -0.3 is 4.74 Å². The highest BCUT2D eigenvalue weighted by Gasteiger charge is 2.09. The normalized spacial score (nSPS) is 10.9. The van der Waals surface area contributed by atoms with Crippen LogP contribution >= 0.6 is 11.3 Å². The summed E-state index contributed by atoms with van der Waals surface area (Å²) in [5.74, 6) is 1.06. The topological polar surface area (TPSA) is 51.2 Å². The molecule has 0 saturated heterocycles. The van der Waals surface area contributed by atoms with E-state index in [4.69, 9.17) is 4.74 Å². The van der Waals surface area contributed by atoms with Crippen molar-refractivity contribution < 1.29 is 9.53 Å². The Morgan fingerprint density at radius 3 is 2.61 bits per heavy atom. The molecule has 28 heavy (non-hydrogen) atoms. The van der Waals surface area contributed by atoms with Crippen LogP contribution in [0.15, 0.2) is 48.7 Å². The van der Waals surface area contributed by atoms with Crippen molar-refractivity contribution in [3.63, 3.8) is 0 Å². The summed E-state index contributed by atoms with van der Waals surface area (Å²) in [6.45, 7) is 8.32. The van der Waals surface area contributed by atoms with Gasteiger partial charge in [0, 0.05) is 17.5 Å². The zero-order chi connectivity index (χ0) is 20.1. The Bertz CT molecular complexity index is 945. The number of carbonyl (C=O) groups is 1. The minimum Gasteiger partial charge on any atom is -0.483 e. The van der Waals surface area contributed by atoms with E-state index in [9.17, 15) is 4.79 Å². The molecule has 4 nitrogen and oxygen atoms in total. The summed E-state index contributed by atoms with van der Waals surface area (Å²) in [6.07, 6.45) is 2.63. The number of aromatic nitrogens is 1. The smallest absolute Gasteiger partial charge is 0.264 e. The zero-order valence-electron chi connectivity index (χ0n) is 16.8. The van der Waals surface area contributed by atoms with E-state index in [0.717, 1.165) is 28.2 Å². The molecule has 0 bridgehead atoms. The third-order valence-corrected chi connectivity index (χ3v) is 5.44. The molecule has 0 aliphatic rings. The third-order valence-electron chi connectivity index (χ3n) is 4.53. The van der Waals surface area contributed by atoms with Crippen molar-refractivity contribution in [2.24, 2.45) is 0 Å². The predicted octanol–water partition coefficient (Wildman–Crippen LogP) is 5.49. The molecule has 0 fully saturated rings. The zero-order valence-corrected chi connectivity index (χ0v) is 17.6. The summed E-state index contributed by atoms with van der Waals surface area (Å²) in [7, 11) is 0. The number of hydrogen-bond acceptors (Lipinski definition) is 4. The maximum atomic E-state index is 12.2. The van der Waals surface area contributed by atoms with Crippen molar-refractivity contribution in [1.29, 1.82) is 0 Å². The maximum Gasteiger partial charge on any atom is 0.264 e. The number of carbonyl (C=O) groups excluding carboxylic acids is 1. The maximum absolute atomic E-state index is 12.2. The highest BCUT2D eigenvalue weighted by atomic mass is 32.1. The highest BCUT2D eigenvalue weighted by Crippen LogP contribution is 2.23. The number of aryl methyl sites for hydroxylation is 2. The van der Waals surface area contributed by atoms with E-state index in [1.807, 2.05) is 38.2 Å². The SMILES string of the molecule is Cc1ccc(C)c(OCC(=O)Nc2ncc(Cc3ccc(C(C)C)cc3)s2)c1. The Hall–Kier alpha value is -2.66. The fraction of sp³-hybridized carbons (Fsp3) is 0.304. The molecule has 1 heterocycles. The lowest BCUT2D eigenvalue weighted by atomic mass is 10.0. The summed E-state index contributed by atoms with van der Waals surface area (Å²) in [4.78, 5) is 17.6. The number of anilines is 1. The van der Waals surface area contributed by atoms with Gasteiger partial charge in [-0.2, -0.15) is 0 Å². The van der Waals surface area contributed by atoms with Gasteiger partial charge in [0.1, 0.15) is 5.75 Å². The molecule has 2 aromatic carbocycles. The van der Waals surface area contributed by atoms with Gasteiger partial charge in [-0.15, -0.1) is 11.3 Å². The van der Waals surface area contributed by atoms with Crippen molar-refractivity contribution >= 4 is 22.4 Å². The Morgan fingerprint density at radius 1 is 1.14 bits per heavy atom. The second-order valence-corrected chi connectivity index (χ2v) is 8.43. The molecule has 5 heteroatoms. The van der Waals surface area contributed by atoms with Gasteiger partial charge in [-0.05, 0) is 48.1 Å². The van der Waals surface area contributed by atoms with Gasteiger partial charge in [-0.3, -0.25) is 10.1 Å². The number of benzene rings is 2. The molecule has 0 saturated carbocycles. The average molecular weight is 395 g/mol. The van der Waals surface area contributed by atoms with Crippen LogP contribution in [0.2, 0.25) is 0 Å². The Kier molecular flexibility index (Phi) is 6.47. The van der Waals surface area contributed by atoms with Crippen LogP contribution in [0.1, 0.15) is 46.9 Å². The number of hydrogen-bond donors (Lipinski definition) is 1. The van der Waals surface area contributed by atoms with Crippen LogP contribution in [0.5, 0.6) is 5.75 Å². The summed E-state index contributed by atoms with van der Waals surface area (Å²) < 4.78 is 5.65. The Labute approximate surface area is 170 Å². The second kappa shape index (κ2) is 9.02. The van der Waals surface area contributed by atoms with E-state index < -0.39 is 0 Å². The lowest BCUT2D eigenvalue weighted by Gasteiger charge is -2.09. The molecular weight excluding hydrogens is 368 g/mol.